The molecule has 0 spiro atoms. The molecule has 0 aliphatic heterocycles. The molecule has 1 atom stereocenters. The molecule has 0 unspecified atom stereocenters. The van der Waals surface area contributed by atoms with Gasteiger partial charge in [-0.2, -0.15) is 0 Å². The summed E-state index contributed by atoms with van der Waals surface area (Å²) in [5.41, 5.74) is 1.97. The zero-order valence-electron chi connectivity index (χ0n) is 13.8. The van der Waals surface area contributed by atoms with Crippen LogP contribution < -0.4 is 10.2 Å². The Morgan fingerprint density at radius 1 is 1.14 bits per heavy atom. The smallest absolute Gasteiger partial charge is 0.158 e. The first-order valence-electron chi connectivity index (χ1n) is 8.04. The number of nitrogens with two attached hydrogens (primary N) is 1. The average molecular weight is 304 g/mol. The molecule has 0 saturated carbocycles. The molecular formula is C18H28N2O2+2. The van der Waals surface area contributed by atoms with Crippen molar-refractivity contribution in [1.82, 2.24) is 0 Å². The van der Waals surface area contributed by atoms with Gasteiger partial charge in [-0.25, -0.2) is 0 Å². The Morgan fingerprint density at radius 2 is 1.86 bits per heavy atom. The maximum absolute atomic E-state index is 9.54. The van der Waals surface area contributed by atoms with E-state index in [1.807, 2.05) is 36.4 Å². The summed E-state index contributed by atoms with van der Waals surface area (Å²) in [7, 11) is 4.36. The molecule has 1 aromatic carbocycles. The SMILES string of the molecule is C[C@H](O)c1ccc(-c2ccc(C[NH2+]CCC[NH+](C)C)o2)cc1. The van der Waals surface area contributed by atoms with Gasteiger partial charge in [0.1, 0.15) is 12.3 Å². The zero-order chi connectivity index (χ0) is 15.9. The van der Waals surface area contributed by atoms with Crippen LogP contribution in [0, 0.1) is 0 Å². The lowest BCUT2D eigenvalue weighted by molar-refractivity contribution is -0.860. The molecule has 0 aliphatic rings. The summed E-state index contributed by atoms with van der Waals surface area (Å²) in [6.07, 6.45) is 0.788. The Hall–Kier alpha value is -1.62. The Balaban J connectivity index is 1.85. The average Bonchev–Trinajstić information content (AvgIpc) is 2.95. The molecule has 2 rings (SSSR count). The predicted molar refractivity (Wildman–Crippen MR) is 87.6 cm³/mol. The van der Waals surface area contributed by atoms with Crippen LogP contribution in [0.15, 0.2) is 40.8 Å². The molecule has 0 bridgehead atoms. The molecule has 22 heavy (non-hydrogen) atoms. The largest absolute Gasteiger partial charge is 0.455 e. The predicted octanol–water partition coefficient (Wildman–Crippen LogP) is 0.598. The minimum atomic E-state index is -0.431. The highest BCUT2D eigenvalue weighted by atomic mass is 16.3. The fraction of sp³-hybridized carbons (Fsp3) is 0.444. The van der Waals surface area contributed by atoms with Crippen molar-refractivity contribution in [2.75, 3.05) is 27.2 Å². The highest BCUT2D eigenvalue weighted by molar-refractivity contribution is 5.58. The molecule has 4 N–H and O–H groups in total. The van der Waals surface area contributed by atoms with Gasteiger partial charge in [-0.3, -0.25) is 0 Å². The molecule has 0 radical (unpaired) electrons. The molecule has 120 valence electrons. The summed E-state index contributed by atoms with van der Waals surface area (Å²) >= 11 is 0. The first-order chi connectivity index (χ1) is 10.6. The van der Waals surface area contributed by atoms with E-state index in [0.29, 0.717) is 0 Å². The summed E-state index contributed by atoms with van der Waals surface area (Å²) in [6, 6.07) is 11.9. The quantitative estimate of drug-likeness (QED) is 0.626. The normalized spacial score (nSPS) is 12.8. The van der Waals surface area contributed by atoms with Crippen LogP contribution in [-0.2, 0) is 6.54 Å². The summed E-state index contributed by atoms with van der Waals surface area (Å²) in [6.45, 7) is 4.99. The van der Waals surface area contributed by atoms with E-state index >= 15 is 0 Å². The Labute approximate surface area is 132 Å². The fourth-order valence-corrected chi connectivity index (χ4v) is 2.41. The van der Waals surface area contributed by atoms with Gasteiger partial charge in [0.15, 0.2) is 5.76 Å². The first kappa shape index (κ1) is 16.7. The zero-order valence-corrected chi connectivity index (χ0v) is 13.8. The molecule has 1 heterocycles. The van der Waals surface area contributed by atoms with Gasteiger partial charge in [0.2, 0.25) is 0 Å². The first-order valence-corrected chi connectivity index (χ1v) is 8.04. The van der Waals surface area contributed by atoms with Gasteiger partial charge in [-0.1, -0.05) is 24.3 Å². The number of hydrogen-bond donors (Lipinski definition) is 3. The number of rotatable bonds is 8. The van der Waals surface area contributed by atoms with E-state index < -0.39 is 6.10 Å². The van der Waals surface area contributed by atoms with Crippen LogP contribution in [0.3, 0.4) is 0 Å². The van der Waals surface area contributed by atoms with Gasteiger partial charge < -0.3 is 19.7 Å². The molecule has 0 saturated heterocycles. The van der Waals surface area contributed by atoms with Crippen molar-refractivity contribution in [1.29, 1.82) is 0 Å². The van der Waals surface area contributed by atoms with E-state index in [0.717, 1.165) is 35.7 Å². The number of furan rings is 1. The molecular weight excluding hydrogens is 276 g/mol. The summed E-state index contributed by atoms with van der Waals surface area (Å²) in [5, 5.41) is 11.8. The van der Waals surface area contributed by atoms with E-state index in [4.69, 9.17) is 4.42 Å². The molecule has 0 amide bonds. The number of aliphatic hydroxyl groups excluding tert-OH is 1. The summed E-state index contributed by atoms with van der Waals surface area (Å²) in [5.74, 6) is 1.89. The maximum atomic E-state index is 9.54. The van der Waals surface area contributed by atoms with Crippen molar-refractivity contribution in [3.05, 3.63) is 47.7 Å². The van der Waals surface area contributed by atoms with Gasteiger partial charge in [0.05, 0.1) is 33.3 Å². The van der Waals surface area contributed by atoms with Crippen molar-refractivity contribution in [2.45, 2.75) is 26.0 Å². The molecule has 2 aromatic rings. The number of aliphatic hydroxyl groups is 1. The third-order valence-electron chi connectivity index (χ3n) is 3.77. The van der Waals surface area contributed by atoms with Crippen molar-refractivity contribution < 1.29 is 19.7 Å². The van der Waals surface area contributed by atoms with Crippen LogP contribution in [0.1, 0.15) is 30.8 Å². The summed E-state index contributed by atoms with van der Waals surface area (Å²) < 4.78 is 5.90. The standard InChI is InChI=1S/C18H26N2O2/c1-14(21)15-5-7-16(8-6-15)18-10-9-17(22-18)13-19-11-4-12-20(2)3/h5-10,14,19,21H,4,11-13H2,1-3H3/p+2/t14-/m0/s1. The van der Waals surface area contributed by atoms with Crippen molar-refractivity contribution in [2.24, 2.45) is 0 Å². The van der Waals surface area contributed by atoms with E-state index in [-0.39, 0.29) is 0 Å². The monoisotopic (exact) mass is 304 g/mol. The van der Waals surface area contributed by atoms with E-state index in [2.05, 4.69) is 19.4 Å². The Bertz CT molecular complexity index is 559. The van der Waals surface area contributed by atoms with Gasteiger partial charge in [-0.15, -0.1) is 0 Å². The van der Waals surface area contributed by atoms with Crippen LogP contribution >= 0.6 is 0 Å². The van der Waals surface area contributed by atoms with E-state index in [1.165, 1.54) is 17.9 Å². The molecule has 0 aliphatic carbocycles. The van der Waals surface area contributed by atoms with Crippen molar-refractivity contribution >= 4 is 0 Å². The van der Waals surface area contributed by atoms with Crippen molar-refractivity contribution in [3.8, 4) is 11.3 Å². The van der Waals surface area contributed by atoms with Gasteiger partial charge in [-0.05, 0) is 24.6 Å². The molecule has 1 aromatic heterocycles. The van der Waals surface area contributed by atoms with Gasteiger partial charge in [0, 0.05) is 12.0 Å². The van der Waals surface area contributed by atoms with Crippen LogP contribution in [0.5, 0.6) is 0 Å². The number of hydrogen-bond acceptors (Lipinski definition) is 2. The topological polar surface area (TPSA) is 54.4 Å². The van der Waals surface area contributed by atoms with E-state index in [1.54, 1.807) is 6.92 Å². The number of quaternary nitrogens is 2. The molecule has 4 nitrogen and oxygen atoms in total. The van der Waals surface area contributed by atoms with Crippen molar-refractivity contribution in [3.63, 3.8) is 0 Å². The lowest BCUT2D eigenvalue weighted by Gasteiger charge is -2.05. The highest BCUT2D eigenvalue weighted by Crippen LogP contribution is 2.23. The Kier molecular flexibility index (Phi) is 6.19. The second kappa shape index (κ2) is 8.13. The minimum absolute atomic E-state index is 0.431. The number of nitrogens with one attached hydrogen (secondary N) is 1. The van der Waals surface area contributed by atoms with Gasteiger partial charge >= 0.3 is 0 Å². The van der Waals surface area contributed by atoms with Crippen LogP contribution in [0.25, 0.3) is 11.3 Å². The lowest BCUT2D eigenvalue weighted by atomic mass is 10.1. The van der Waals surface area contributed by atoms with Crippen LogP contribution in [-0.4, -0.2) is 32.3 Å². The Morgan fingerprint density at radius 3 is 2.50 bits per heavy atom. The maximum Gasteiger partial charge on any atom is 0.158 e. The fourth-order valence-electron chi connectivity index (χ4n) is 2.41. The highest BCUT2D eigenvalue weighted by Gasteiger charge is 2.07. The molecule has 4 heteroatoms. The number of benzene rings is 1. The second-order valence-electron chi connectivity index (χ2n) is 6.16. The van der Waals surface area contributed by atoms with Crippen LogP contribution in [0.4, 0.5) is 0 Å². The second-order valence-corrected chi connectivity index (χ2v) is 6.16. The lowest BCUT2D eigenvalue weighted by Crippen LogP contribution is -3.06. The third kappa shape index (κ3) is 4.98. The van der Waals surface area contributed by atoms with Crippen LogP contribution in [0.2, 0.25) is 0 Å². The minimum Gasteiger partial charge on any atom is -0.455 e. The summed E-state index contributed by atoms with van der Waals surface area (Å²) in [4.78, 5) is 1.49. The molecule has 0 fully saturated rings. The van der Waals surface area contributed by atoms with Gasteiger partial charge in [0.25, 0.3) is 0 Å². The van der Waals surface area contributed by atoms with E-state index in [9.17, 15) is 5.11 Å². The third-order valence-corrected chi connectivity index (χ3v) is 3.77.